The number of carbonyl (C=O) groups is 1. The normalized spacial score (nSPS) is 13.6. The van der Waals surface area contributed by atoms with Crippen LogP contribution >= 0.6 is 0 Å². The van der Waals surface area contributed by atoms with Gasteiger partial charge >= 0.3 is 5.97 Å². The number of nitro benzene ring substituents is 2. The number of rotatable bonds is 9. The lowest BCUT2D eigenvalue weighted by atomic mass is 10.0. The summed E-state index contributed by atoms with van der Waals surface area (Å²) in [4.78, 5) is 35.0. The van der Waals surface area contributed by atoms with Crippen LogP contribution in [0.3, 0.4) is 0 Å². The van der Waals surface area contributed by atoms with E-state index in [-0.39, 0.29) is 17.7 Å². The Morgan fingerprint density at radius 2 is 2.00 bits per heavy atom. The minimum atomic E-state index is -0.834. The van der Waals surface area contributed by atoms with Crippen LogP contribution in [0.15, 0.2) is 18.3 Å². The molecule has 1 fully saturated rings. The molecular formula is C17H21N3O6. The van der Waals surface area contributed by atoms with E-state index in [1.807, 2.05) is 11.9 Å². The van der Waals surface area contributed by atoms with E-state index in [0.29, 0.717) is 0 Å². The first kappa shape index (κ1) is 19.4. The molecule has 0 unspecified atom stereocenters. The van der Waals surface area contributed by atoms with Crippen molar-refractivity contribution in [3.8, 4) is 0 Å². The molecule has 1 aromatic carbocycles. The zero-order valence-corrected chi connectivity index (χ0v) is 14.7. The molecule has 1 saturated carbocycles. The molecule has 0 radical (unpaired) electrons. The van der Waals surface area contributed by atoms with E-state index in [0.717, 1.165) is 31.0 Å². The van der Waals surface area contributed by atoms with Gasteiger partial charge in [0.2, 0.25) is 0 Å². The van der Waals surface area contributed by atoms with E-state index in [1.54, 1.807) is 13.1 Å². The molecule has 0 saturated heterocycles. The molecule has 1 aliphatic rings. The zero-order chi connectivity index (χ0) is 19.3. The minimum Gasteiger partial charge on any atom is -0.462 e. The highest BCUT2D eigenvalue weighted by molar-refractivity contribution is 5.96. The van der Waals surface area contributed by atoms with Crippen LogP contribution in [-0.4, -0.2) is 40.9 Å². The highest BCUT2D eigenvalue weighted by Gasteiger charge is 2.27. The van der Waals surface area contributed by atoms with Crippen LogP contribution in [0.2, 0.25) is 0 Å². The molecule has 2 rings (SSSR count). The Bertz CT molecular complexity index is 742. The second-order valence-corrected chi connectivity index (χ2v) is 6.19. The van der Waals surface area contributed by atoms with Gasteiger partial charge in [0.15, 0.2) is 0 Å². The van der Waals surface area contributed by atoms with Crippen LogP contribution in [-0.2, 0) is 4.74 Å². The number of nitro groups is 2. The van der Waals surface area contributed by atoms with Crippen molar-refractivity contribution in [1.29, 1.82) is 0 Å². The number of ether oxygens (including phenoxy) is 1. The lowest BCUT2D eigenvalue weighted by Crippen LogP contribution is -2.13. The number of non-ortho nitro benzene ring substituents is 1. The summed E-state index contributed by atoms with van der Waals surface area (Å²) >= 11 is 0. The molecule has 0 N–H and O–H groups in total. The van der Waals surface area contributed by atoms with Gasteiger partial charge in [-0.05, 0) is 31.5 Å². The first-order valence-corrected chi connectivity index (χ1v) is 8.35. The van der Waals surface area contributed by atoms with Gasteiger partial charge < -0.3 is 9.64 Å². The highest BCUT2D eigenvalue weighted by Crippen LogP contribution is 2.33. The van der Waals surface area contributed by atoms with Crippen LogP contribution in [0.4, 0.5) is 11.4 Å². The Kier molecular flexibility index (Phi) is 6.26. The standard InChI is InChI=1S/C17H21N3O6/c1-3-26-17(21)15-10-13(19(22)23)11-16(20(24)25)14(15)7-9-18(2)8-6-12-4-5-12/h7,9-12H,3-6,8H2,1-2H3/b9-7+. The monoisotopic (exact) mass is 363 g/mol. The Morgan fingerprint density at radius 1 is 1.31 bits per heavy atom. The lowest BCUT2D eigenvalue weighted by molar-refractivity contribution is -0.394. The lowest BCUT2D eigenvalue weighted by Gasteiger charge is -2.13. The first-order valence-electron chi connectivity index (χ1n) is 8.35. The Morgan fingerprint density at radius 3 is 2.54 bits per heavy atom. The molecule has 1 aliphatic carbocycles. The van der Waals surface area contributed by atoms with E-state index in [9.17, 15) is 25.0 Å². The predicted molar refractivity (Wildman–Crippen MR) is 94.7 cm³/mol. The van der Waals surface area contributed by atoms with Crippen LogP contribution in [0.1, 0.15) is 42.1 Å². The van der Waals surface area contributed by atoms with Crippen molar-refractivity contribution in [2.24, 2.45) is 5.92 Å². The van der Waals surface area contributed by atoms with Crippen molar-refractivity contribution in [2.45, 2.75) is 26.2 Å². The van der Waals surface area contributed by atoms with E-state index in [1.165, 1.54) is 18.9 Å². The summed E-state index contributed by atoms with van der Waals surface area (Å²) in [5, 5.41) is 22.4. The van der Waals surface area contributed by atoms with Crippen molar-refractivity contribution in [1.82, 2.24) is 4.90 Å². The second-order valence-electron chi connectivity index (χ2n) is 6.19. The highest BCUT2D eigenvalue weighted by atomic mass is 16.6. The van der Waals surface area contributed by atoms with E-state index in [4.69, 9.17) is 4.74 Å². The number of nitrogens with zero attached hydrogens (tertiary/aromatic N) is 3. The molecular weight excluding hydrogens is 342 g/mol. The van der Waals surface area contributed by atoms with Gasteiger partial charge in [-0.2, -0.15) is 0 Å². The third-order valence-corrected chi connectivity index (χ3v) is 4.13. The molecule has 0 heterocycles. The van der Waals surface area contributed by atoms with E-state index < -0.39 is 27.2 Å². The molecule has 0 atom stereocenters. The van der Waals surface area contributed by atoms with Gasteiger partial charge in [-0.1, -0.05) is 12.8 Å². The van der Waals surface area contributed by atoms with E-state index in [2.05, 4.69) is 0 Å². The van der Waals surface area contributed by atoms with Crippen LogP contribution in [0.5, 0.6) is 0 Å². The van der Waals surface area contributed by atoms with Gasteiger partial charge in [0.1, 0.15) is 0 Å². The van der Waals surface area contributed by atoms with Gasteiger partial charge in [-0.3, -0.25) is 20.2 Å². The quantitative estimate of drug-likeness (QED) is 0.375. The summed E-state index contributed by atoms with van der Waals surface area (Å²) in [7, 11) is 1.83. The predicted octanol–water partition coefficient (Wildman–Crippen LogP) is 3.38. The maximum Gasteiger partial charge on any atom is 0.339 e. The van der Waals surface area contributed by atoms with Crippen molar-refractivity contribution in [3.63, 3.8) is 0 Å². The average molecular weight is 363 g/mol. The molecule has 9 heteroatoms. The summed E-state index contributed by atoms with van der Waals surface area (Å²) in [6.07, 6.45) is 6.57. The molecule has 0 aromatic heterocycles. The van der Waals surface area contributed by atoms with Gasteiger partial charge in [0.05, 0.1) is 33.6 Å². The van der Waals surface area contributed by atoms with Crippen molar-refractivity contribution >= 4 is 23.4 Å². The fourth-order valence-corrected chi connectivity index (χ4v) is 2.50. The minimum absolute atomic E-state index is 0.00248. The number of esters is 1. The molecule has 0 spiro atoms. The van der Waals surface area contributed by atoms with Crippen molar-refractivity contribution in [2.75, 3.05) is 20.2 Å². The number of carbonyl (C=O) groups excluding carboxylic acids is 1. The second kappa shape index (κ2) is 8.41. The smallest absolute Gasteiger partial charge is 0.339 e. The average Bonchev–Trinajstić information content (AvgIpc) is 3.41. The Hall–Kier alpha value is -2.97. The third kappa shape index (κ3) is 5.01. The van der Waals surface area contributed by atoms with Gasteiger partial charge in [-0.15, -0.1) is 0 Å². The largest absolute Gasteiger partial charge is 0.462 e. The maximum atomic E-state index is 12.2. The summed E-state index contributed by atoms with van der Waals surface area (Å²) in [6, 6.07) is 1.86. The van der Waals surface area contributed by atoms with Gasteiger partial charge in [0.25, 0.3) is 11.4 Å². The third-order valence-electron chi connectivity index (χ3n) is 4.13. The fourth-order valence-electron chi connectivity index (χ4n) is 2.50. The summed E-state index contributed by atoms with van der Waals surface area (Å²) < 4.78 is 4.90. The zero-order valence-electron chi connectivity index (χ0n) is 14.7. The molecule has 0 amide bonds. The van der Waals surface area contributed by atoms with Crippen LogP contribution < -0.4 is 0 Å². The molecule has 0 bridgehead atoms. The van der Waals surface area contributed by atoms with Crippen LogP contribution in [0, 0.1) is 26.1 Å². The van der Waals surface area contributed by atoms with Gasteiger partial charge in [-0.25, -0.2) is 4.79 Å². The van der Waals surface area contributed by atoms with Gasteiger partial charge in [0, 0.05) is 19.7 Å². The molecule has 1 aromatic rings. The number of hydrogen-bond donors (Lipinski definition) is 0. The first-order chi connectivity index (χ1) is 12.3. The Labute approximate surface area is 150 Å². The summed E-state index contributed by atoms with van der Waals surface area (Å²) in [5.41, 5.74) is -1.23. The summed E-state index contributed by atoms with van der Waals surface area (Å²) in [5.74, 6) is -0.0887. The summed E-state index contributed by atoms with van der Waals surface area (Å²) in [6.45, 7) is 2.43. The SMILES string of the molecule is CCOC(=O)c1cc([N+](=O)[O-])cc([N+](=O)[O-])c1/C=C/N(C)CCC1CC1. The van der Waals surface area contributed by atoms with Crippen molar-refractivity contribution < 1.29 is 19.4 Å². The number of benzene rings is 1. The fraction of sp³-hybridized carbons (Fsp3) is 0.471. The molecule has 0 aliphatic heterocycles. The molecule has 26 heavy (non-hydrogen) atoms. The van der Waals surface area contributed by atoms with Crippen molar-refractivity contribution in [3.05, 3.63) is 49.7 Å². The number of hydrogen-bond acceptors (Lipinski definition) is 7. The topological polar surface area (TPSA) is 116 Å². The van der Waals surface area contributed by atoms with Crippen LogP contribution in [0.25, 0.3) is 6.08 Å². The maximum absolute atomic E-state index is 12.2. The van der Waals surface area contributed by atoms with E-state index >= 15 is 0 Å². The molecule has 140 valence electrons. The molecule has 9 nitrogen and oxygen atoms in total. The Balaban J connectivity index is 2.40.